The smallest absolute Gasteiger partial charge is 0.387 e. The van der Waals surface area contributed by atoms with Crippen LogP contribution in [0.25, 0.3) is 0 Å². The van der Waals surface area contributed by atoms with Crippen molar-refractivity contribution in [2.24, 2.45) is 5.92 Å². The molecule has 1 unspecified atom stereocenters. The van der Waals surface area contributed by atoms with Crippen LogP contribution < -0.4 is 19.7 Å². The molecule has 0 saturated carbocycles. The zero-order valence-electron chi connectivity index (χ0n) is 17.1. The number of alkyl halides is 2. The van der Waals surface area contributed by atoms with Crippen molar-refractivity contribution >= 4 is 29.2 Å². The van der Waals surface area contributed by atoms with Gasteiger partial charge in [-0.1, -0.05) is 12.1 Å². The first-order valence-electron chi connectivity index (χ1n) is 9.36. The van der Waals surface area contributed by atoms with Gasteiger partial charge in [-0.15, -0.1) is 0 Å². The maximum atomic E-state index is 14.1. The third-order valence-corrected chi connectivity index (χ3v) is 4.82. The average molecular weight is 452 g/mol. The van der Waals surface area contributed by atoms with Crippen LogP contribution >= 0.6 is 0 Å². The lowest BCUT2D eigenvalue weighted by Crippen LogP contribution is -2.29. The molecule has 3 rings (SSSR count). The normalized spacial score (nSPS) is 15.6. The monoisotopic (exact) mass is 452 g/mol. The Balaban J connectivity index is 1.87. The second-order valence-electron chi connectivity index (χ2n) is 6.76. The van der Waals surface area contributed by atoms with Gasteiger partial charge in [0.05, 0.1) is 37.1 Å². The lowest BCUT2D eigenvalue weighted by molar-refractivity contribution is -0.122. The topological polar surface area (TPSA) is 94.2 Å². The maximum absolute atomic E-state index is 14.1. The first kappa shape index (κ1) is 22.9. The van der Waals surface area contributed by atoms with E-state index < -0.39 is 41.9 Å². The average Bonchev–Trinajstić information content (AvgIpc) is 3.15. The van der Waals surface area contributed by atoms with Crippen molar-refractivity contribution in [3.05, 3.63) is 47.8 Å². The molecule has 1 saturated heterocycles. The van der Waals surface area contributed by atoms with Gasteiger partial charge in [-0.3, -0.25) is 9.59 Å². The van der Waals surface area contributed by atoms with Crippen LogP contribution in [0.5, 0.6) is 11.5 Å². The van der Waals surface area contributed by atoms with E-state index in [1.165, 1.54) is 25.3 Å². The number of para-hydroxylation sites is 1. The van der Waals surface area contributed by atoms with Gasteiger partial charge in [0.15, 0.2) is 11.5 Å². The Labute approximate surface area is 180 Å². The van der Waals surface area contributed by atoms with Gasteiger partial charge >= 0.3 is 12.6 Å². The first-order chi connectivity index (χ1) is 15.2. The molecule has 2 amide bonds. The molecule has 0 bridgehead atoms. The van der Waals surface area contributed by atoms with Crippen LogP contribution in [0.4, 0.5) is 24.5 Å². The molecule has 170 valence electrons. The zero-order chi connectivity index (χ0) is 23.4. The number of carbonyl (C=O) groups is 3. The highest BCUT2D eigenvalue weighted by atomic mass is 19.3. The molecule has 1 fully saturated rings. The van der Waals surface area contributed by atoms with E-state index in [0.29, 0.717) is 0 Å². The molecule has 0 spiro atoms. The number of hydrogen-bond donors (Lipinski definition) is 1. The highest BCUT2D eigenvalue weighted by Gasteiger charge is 2.36. The summed E-state index contributed by atoms with van der Waals surface area (Å²) in [6.07, 6.45) is -0.204. The van der Waals surface area contributed by atoms with Crippen LogP contribution in [-0.2, 0) is 14.3 Å². The van der Waals surface area contributed by atoms with Crippen LogP contribution in [0.1, 0.15) is 16.8 Å². The molecule has 32 heavy (non-hydrogen) atoms. The number of anilines is 2. The Morgan fingerprint density at radius 3 is 2.50 bits per heavy atom. The number of benzene rings is 2. The Kier molecular flexibility index (Phi) is 6.86. The quantitative estimate of drug-likeness (QED) is 0.649. The fourth-order valence-electron chi connectivity index (χ4n) is 3.31. The molecule has 1 atom stereocenters. The number of nitrogens with one attached hydrogen (secondary N) is 1. The minimum absolute atomic E-state index is 0.0418. The summed E-state index contributed by atoms with van der Waals surface area (Å²) in [6.45, 7) is -3.28. The standard InChI is InChI=1S/C21H19F3N2O6/c1-30-16-8-12(20(29)31-2)14(9-17(16)32-21(23)24)25-19(28)11-7-18(27)26(10-11)15-6-4-3-5-13(15)22/h3-6,8-9,11,21H,7,10H2,1-2H3,(H,25,28). The summed E-state index contributed by atoms with van der Waals surface area (Å²) in [4.78, 5) is 38.5. The molecule has 2 aromatic carbocycles. The molecule has 0 aliphatic carbocycles. The fraction of sp³-hybridized carbons (Fsp3) is 0.286. The van der Waals surface area contributed by atoms with Gasteiger partial charge in [0.2, 0.25) is 11.8 Å². The number of halogens is 3. The molecule has 1 N–H and O–H groups in total. The van der Waals surface area contributed by atoms with E-state index in [1.807, 2.05) is 0 Å². The fourth-order valence-corrected chi connectivity index (χ4v) is 3.31. The van der Waals surface area contributed by atoms with Crippen LogP contribution in [0.15, 0.2) is 36.4 Å². The van der Waals surface area contributed by atoms with Gasteiger partial charge in [-0.25, -0.2) is 9.18 Å². The third kappa shape index (κ3) is 4.76. The maximum Gasteiger partial charge on any atom is 0.387 e. The van der Waals surface area contributed by atoms with E-state index >= 15 is 0 Å². The number of carbonyl (C=O) groups excluding carboxylic acids is 3. The number of rotatable bonds is 7. The van der Waals surface area contributed by atoms with Crippen LogP contribution in [-0.4, -0.2) is 45.2 Å². The summed E-state index contributed by atoms with van der Waals surface area (Å²) in [7, 11) is 2.29. The predicted octanol–water partition coefficient (Wildman–Crippen LogP) is 3.21. The SMILES string of the molecule is COC(=O)c1cc(OC)c(OC(F)F)cc1NC(=O)C1CC(=O)N(c2ccccc2F)C1. The molecule has 2 aromatic rings. The second kappa shape index (κ2) is 9.58. The highest BCUT2D eigenvalue weighted by Crippen LogP contribution is 2.36. The molecule has 0 aromatic heterocycles. The van der Waals surface area contributed by atoms with Gasteiger partial charge in [-0.2, -0.15) is 8.78 Å². The van der Waals surface area contributed by atoms with Crippen molar-refractivity contribution in [1.82, 2.24) is 0 Å². The molecular formula is C21H19F3N2O6. The van der Waals surface area contributed by atoms with Crippen LogP contribution in [0, 0.1) is 11.7 Å². The van der Waals surface area contributed by atoms with Crippen molar-refractivity contribution in [2.75, 3.05) is 31.0 Å². The summed E-state index contributed by atoms with van der Waals surface area (Å²) in [5.74, 6) is -4.08. The Hall–Kier alpha value is -3.76. The van der Waals surface area contributed by atoms with Gasteiger partial charge in [0.25, 0.3) is 0 Å². The van der Waals surface area contributed by atoms with E-state index in [9.17, 15) is 27.6 Å². The second-order valence-corrected chi connectivity index (χ2v) is 6.76. The number of methoxy groups -OCH3 is 2. The van der Waals surface area contributed by atoms with Crippen LogP contribution in [0.2, 0.25) is 0 Å². The van der Waals surface area contributed by atoms with E-state index in [-0.39, 0.29) is 35.7 Å². The Bertz CT molecular complexity index is 1050. The third-order valence-electron chi connectivity index (χ3n) is 4.82. The molecule has 1 heterocycles. The molecule has 1 aliphatic heterocycles. The molecule has 8 nitrogen and oxygen atoms in total. The van der Waals surface area contributed by atoms with Crippen molar-refractivity contribution < 1.29 is 41.8 Å². The summed E-state index contributed by atoms with van der Waals surface area (Å²) in [6, 6.07) is 7.73. The molecule has 1 aliphatic rings. The van der Waals surface area contributed by atoms with Gasteiger partial charge in [0.1, 0.15) is 5.82 Å². The van der Waals surface area contributed by atoms with Gasteiger partial charge < -0.3 is 24.4 Å². The number of hydrogen-bond acceptors (Lipinski definition) is 6. The van der Waals surface area contributed by atoms with Crippen molar-refractivity contribution in [1.29, 1.82) is 0 Å². The number of nitrogens with zero attached hydrogens (tertiary/aromatic N) is 1. The predicted molar refractivity (Wildman–Crippen MR) is 106 cm³/mol. The number of ether oxygens (including phenoxy) is 3. The lowest BCUT2D eigenvalue weighted by Gasteiger charge is -2.18. The van der Waals surface area contributed by atoms with Gasteiger partial charge in [-0.05, 0) is 12.1 Å². The lowest BCUT2D eigenvalue weighted by atomic mass is 10.1. The zero-order valence-corrected chi connectivity index (χ0v) is 17.1. The number of amides is 2. The molecule has 11 heteroatoms. The van der Waals surface area contributed by atoms with Crippen molar-refractivity contribution in [3.63, 3.8) is 0 Å². The summed E-state index contributed by atoms with van der Waals surface area (Å²) in [5.41, 5.74) is -0.301. The highest BCUT2D eigenvalue weighted by molar-refractivity contribution is 6.06. The summed E-state index contributed by atoms with van der Waals surface area (Å²) in [5, 5.41) is 2.45. The minimum Gasteiger partial charge on any atom is -0.493 e. The molecule has 0 radical (unpaired) electrons. The van der Waals surface area contributed by atoms with E-state index in [0.717, 1.165) is 24.1 Å². The van der Waals surface area contributed by atoms with Crippen LogP contribution in [0.3, 0.4) is 0 Å². The van der Waals surface area contributed by atoms with E-state index in [2.05, 4.69) is 14.8 Å². The Morgan fingerprint density at radius 1 is 1.16 bits per heavy atom. The first-order valence-corrected chi connectivity index (χ1v) is 9.36. The van der Waals surface area contributed by atoms with Gasteiger partial charge in [0, 0.05) is 25.1 Å². The largest absolute Gasteiger partial charge is 0.493 e. The minimum atomic E-state index is -3.18. The van der Waals surface area contributed by atoms with E-state index in [1.54, 1.807) is 6.07 Å². The van der Waals surface area contributed by atoms with E-state index in [4.69, 9.17) is 4.74 Å². The van der Waals surface area contributed by atoms with Crippen molar-refractivity contribution in [2.45, 2.75) is 13.0 Å². The Morgan fingerprint density at radius 2 is 1.88 bits per heavy atom. The number of esters is 1. The summed E-state index contributed by atoms with van der Waals surface area (Å²) < 4.78 is 53.6. The summed E-state index contributed by atoms with van der Waals surface area (Å²) >= 11 is 0. The van der Waals surface area contributed by atoms with Crippen molar-refractivity contribution in [3.8, 4) is 11.5 Å². The molecular weight excluding hydrogens is 433 g/mol.